The first-order chi connectivity index (χ1) is 8.56. The van der Waals surface area contributed by atoms with Gasteiger partial charge in [0.15, 0.2) is 17.5 Å². The highest BCUT2D eigenvalue weighted by Gasteiger charge is 2.33. The van der Waals surface area contributed by atoms with Crippen molar-refractivity contribution in [3.05, 3.63) is 35.1 Å². The Bertz CT molecular complexity index is 436. The summed E-state index contributed by atoms with van der Waals surface area (Å²) in [6.45, 7) is 2.07. The highest BCUT2D eigenvalue weighted by molar-refractivity contribution is 5.24. The maximum absolute atomic E-state index is 13.8. The van der Waals surface area contributed by atoms with E-state index in [1.165, 1.54) is 6.07 Å². The number of hydrogen-bond donors (Lipinski definition) is 2. The van der Waals surface area contributed by atoms with E-state index in [0.717, 1.165) is 25.3 Å². The lowest BCUT2D eigenvalue weighted by molar-refractivity contribution is 0.293. The molecule has 1 aromatic rings. The smallest absolute Gasteiger partial charge is 0.194 e. The minimum Gasteiger partial charge on any atom is -0.271 e. The second-order valence-corrected chi connectivity index (χ2v) is 4.98. The molecule has 3 atom stereocenters. The van der Waals surface area contributed by atoms with Crippen LogP contribution in [0.25, 0.3) is 0 Å². The fraction of sp³-hybridized carbons (Fsp3) is 0.538. The summed E-state index contributed by atoms with van der Waals surface area (Å²) in [7, 11) is 0. The lowest BCUT2D eigenvalue weighted by Gasteiger charge is -2.27. The number of nitrogens with one attached hydrogen (secondary N) is 1. The molecule has 100 valence electrons. The SMILES string of the molecule is CC1CCCC1C(NN)c1ccc(F)c(F)c1F. The van der Waals surface area contributed by atoms with E-state index in [0.29, 0.717) is 5.92 Å². The van der Waals surface area contributed by atoms with Crippen LogP contribution in [-0.2, 0) is 0 Å². The standard InChI is InChI=1S/C13H17F3N2/c1-7-3-2-4-8(7)13(18-17)9-5-6-10(14)12(16)11(9)15/h5-8,13,18H,2-4,17H2,1H3. The van der Waals surface area contributed by atoms with E-state index in [-0.39, 0.29) is 11.5 Å². The Morgan fingerprint density at radius 2 is 1.94 bits per heavy atom. The highest BCUT2D eigenvalue weighted by Crippen LogP contribution is 2.40. The number of hydrogen-bond acceptors (Lipinski definition) is 2. The molecule has 5 heteroatoms. The van der Waals surface area contributed by atoms with Crippen LogP contribution in [-0.4, -0.2) is 0 Å². The average Bonchev–Trinajstić information content (AvgIpc) is 2.77. The molecule has 0 spiro atoms. The molecule has 1 aliphatic rings. The zero-order valence-corrected chi connectivity index (χ0v) is 10.2. The first kappa shape index (κ1) is 13.4. The third-order valence-electron chi connectivity index (χ3n) is 3.94. The van der Waals surface area contributed by atoms with Gasteiger partial charge in [-0.2, -0.15) is 0 Å². The lowest BCUT2D eigenvalue weighted by atomic mass is 9.86. The van der Waals surface area contributed by atoms with Crippen molar-refractivity contribution in [2.45, 2.75) is 32.2 Å². The van der Waals surface area contributed by atoms with Gasteiger partial charge in [0.05, 0.1) is 6.04 Å². The largest absolute Gasteiger partial charge is 0.271 e. The third kappa shape index (κ3) is 2.24. The number of hydrazine groups is 1. The van der Waals surface area contributed by atoms with Crippen LogP contribution in [0.2, 0.25) is 0 Å². The normalized spacial score (nSPS) is 25.4. The van der Waals surface area contributed by atoms with Crippen molar-refractivity contribution in [2.75, 3.05) is 0 Å². The van der Waals surface area contributed by atoms with Gasteiger partial charge in [-0.05, 0) is 24.3 Å². The van der Waals surface area contributed by atoms with Crippen LogP contribution in [0.15, 0.2) is 12.1 Å². The van der Waals surface area contributed by atoms with Gasteiger partial charge in [0.2, 0.25) is 0 Å². The van der Waals surface area contributed by atoms with Crippen molar-refractivity contribution < 1.29 is 13.2 Å². The summed E-state index contributed by atoms with van der Waals surface area (Å²) in [4.78, 5) is 0. The maximum atomic E-state index is 13.8. The summed E-state index contributed by atoms with van der Waals surface area (Å²) in [5.74, 6) is 2.26. The molecule has 3 unspecified atom stereocenters. The Hall–Kier alpha value is -1.07. The van der Waals surface area contributed by atoms with Crippen molar-refractivity contribution >= 4 is 0 Å². The molecule has 0 saturated heterocycles. The van der Waals surface area contributed by atoms with Crippen molar-refractivity contribution in [3.63, 3.8) is 0 Å². The molecule has 18 heavy (non-hydrogen) atoms. The zero-order valence-electron chi connectivity index (χ0n) is 10.2. The average molecular weight is 258 g/mol. The maximum Gasteiger partial charge on any atom is 0.194 e. The second-order valence-electron chi connectivity index (χ2n) is 4.98. The highest BCUT2D eigenvalue weighted by atomic mass is 19.2. The first-order valence-electron chi connectivity index (χ1n) is 6.15. The molecule has 0 aromatic heterocycles. The fourth-order valence-corrected chi connectivity index (χ4v) is 2.89. The van der Waals surface area contributed by atoms with E-state index in [4.69, 9.17) is 5.84 Å². The molecule has 2 rings (SSSR count). The van der Waals surface area contributed by atoms with E-state index < -0.39 is 23.5 Å². The summed E-state index contributed by atoms with van der Waals surface area (Å²) in [6, 6.07) is 1.73. The molecule has 1 aromatic carbocycles. The lowest BCUT2D eigenvalue weighted by Crippen LogP contribution is -2.35. The Morgan fingerprint density at radius 1 is 1.22 bits per heavy atom. The van der Waals surface area contributed by atoms with Gasteiger partial charge in [-0.25, -0.2) is 13.2 Å². The Kier molecular flexibility index (Phi) is 3.92. The van der Waals surface area contributed by atoms with E-state index in [2.05, 4.69) is 12.3 Å². The van der Waals surface area contributed by atoms with E-state index in [9.17, 15) is 13.2 Å². The van der Waals surface area contributed by atoms with E-state index in [1.807, 2.05) is 0 Å². The van der Waals surface area contributed by atoms with Crippen LogP contribution in [0, 0.1) is 29.3 Å². The number of benzene rings is 1. The van der Waals surface area contributed by atoms with E-state index in [1.54, 1.807) is 0 Å². The van der Waals surface area contributed by atoms with Gasteiger partial charge in [0.25, 0.3) is 0 Å². The molecule has 0 heterocycles. The summed E-state index contributed by atoms with van der Waals surface area (Å²) in [5.41, 5.74) is 2.66. The van der Waals surface area contributed by atoms with Gasteiger partial charge in [-0.15, -0.1) is 0 Å². The Morgan fingerprint density at radius 3 is 2.50 bits per heavy atom. The minimum absolute atomic E-state index is 0.107. The zero-order chi connectivity index (χ0) is 13.3. The van der Waals surface area contributed by atoms with Crippen molar-refractivity contribution in [1.29, 1.82) is 0 Å². The minimum atomic E-state index is -1.43. The number of halogens is 3. The third-order valence-corrected chi connectivity index (χ3v) is 3.94. The second kappa shape index (κ2) is 5.28. The summed E-state index contributed by atoms with van der Waals surface area (Å²) in [6.07, 6.45) is 3.01. The molecule has 0 amide bonds. The van der Waals surface area contributed by atoms with Crippen LogP contribution >= 0.6 is 0 Å². The van der Waals surface area contributed by atoms with Gasteiger partial charge >= 0.3 is 0 Å². The number of nitrogens with two attached hydrogens (primary N) is 1. The van der Waals surface area contributed by atoms with Crippen LogP contribution in [0.5, 0.6) is 0 Å². The summed E-state index contributed by atoms with van der Waals surface area (Å²) in [5, 5.41) is 0. The van der Waals surface area contributed by atoms with Crippen LogP contribution in [0.1, 0.15) is 37.8 Å². The molecular formula is C13H17F3N2. The Labute approximate surface area is 104 Å². The molecule has 1 fully saturated rings. The van der Waals surface area contributed by atoms with Gasteiger partial charge < -0.3 is 0 Å². The molecule has 0 radical (unpaired) electrons. The molecule has 2 nitrogen and oxygen atoms in total. The van der Waals surface area contributed by atoms with Crippen molar-refractivity contribution in [2.24, 2.45) is 17.7 Å². The molecule has 1 saturated carbocycles. The summed E-state index contributed by atoms with van der Waals surface area (Å²) < 4.78 is 39.9. The quantitative estimate of drug-likeness (QED) is 0.497. The Balaban J connectivity index is 2.36. The van der Waals surface area contributed by atoms with Gasteiger partial charge in [0.1, 0.15) is 0 Å². The number of rotatable bonds is 3. The fourth-order valence-electron chi connectivity index (χ4n) is 2.89. The molecule has 1 aliphatic carbocycles. The summed E-state index contributed by atoms with van der Waals surface area (Å²) >= 11 is 0. The topological polar surface area (TPSA) is 38.0 Å². The molecule has 0 bridgehead atoms. The molecule has 0 aliphatic heterocycles. The van der Waals surface area contributed by atoms with Crippen LogP contribution in [0.4, 0.5) is 13.2 Å². The molecule has 3 N–H and O–H groups in total. The molecular weight excluding hydrogens is 241 g/mol. The van der Waals surface area contributed by atoms with Crippen molar-refractivity contribution in [3.8, 4) is 0 Å². The predicted octanol–water partition coefficient (Wildman–Crippen LogP) is 3.04. The van der Waals surface area contributed by atoms with Gasteiger partial charge in [-0.3, -0.25) is 11.3 Å². The van der Waals surface area contributed by atoms with Gasteiger partial charge in [0, 0.05) is 5.56 Å². The predicted molar refractivity (Wildman–Crippen MR) is 62.9 cm³/mol. The van der Waals surface area contributed by atoms with Crippen LogP contribution in [0.3, 0.4) is 0 Å². The van der Waals surface area contributed by atoms with E-state index >= 15 is 0 Å². The van der Waals surface area contributed by atoms with Gasteiger partial charge in [-0.1, -0.05) is 25.8 Å². The van der Waals surface area contributed by atoms with Crippen LogP contribution < -0.4 is 11.3 Å². The monoisotopic (exact) mass is 258 g/mol. The van der Waals surface area contributed by atoms with Crippen molar-refractivity contribution in [1.82, 2.24) is 5.43 Å². The first-order valence-corrected chi connectivity index (χ1v) is 6.15.